The van der Waals surface area contributed by atoms with Crippen LogP contribution < -0.4 is 10.1 Å². The number of aryl methyl sites for hydroxylation is 1. The average Bonchev–Trinajstić information content (AvgIpc) is 3.22. The fourth-order valence-corrected chi connectivity index (χ4v) is 3.00. The third-order valence-electron chi connectivity index (χ3n) is 4.43. The van der Waals surface area contributed by atoms with Gasteiger partial charge in [0.05, 0.1) is 7.11 Å². The highest BCUT2D eigenvalue weighted by atomic mass is 16.5. The molecule has 6 heteroatoms. The molecule has 0 spiro atoms. The number of ether oxygens (including phenoxy) is 1. The van der Waals surface area contributed by atoms with Gasteiger partial charge in [-0.3, -0.25) is 4.79 Å². The standard InChI is InChI=1S/C22H19N3O3/c1-27-17-9-4-8-16(14-17)22-24-21(28-25-22)13-12-20(26)23-19-11-5-7-15-6-2-3-10-18(15)19/h2-11,14H,12-13H2,1H3,(H,23,26). The van der Waals surface area contributed by atoms with Crippen LogP contribution in [0.3, 0.4) is 0 Å². The number of aromatic nitrogens is 2. The normalized spacial score (nSPS) is 10.8. The van der Waals surface area contributed by atoms with Crippen LogP contribution in [0, 0.1) is 0 Å². The molecule has 0 saturated carbocycles. The molecule has 28 heavy (non-hydrogen) atoms. The zero-order valence-electron chi connectivity index (χ0n) is 15.4. The van der Waals surface area contributed by atoms with Gasteiger partial charge in [-0.05, 0) is 23.6 Å². The van der Waals surface area contributed by atoms with Crippen LogP contribution in [-0.4, -0.2) is 23.2 Å². The van der Waals surface area contributed by atoms with Crippen molar-refractivity contribution in [2.24, 2.45) is 0 Å². The molecule has 140 valence electrons. The van der Waals surface area contributed by atoms with Crippen LogP contribution in [0.4, 0.5) is 5.69 Å². The van der Waals surface area contributed by atoms with E-state index in [1.165, 1.54) is 0 Å². The van der Waals surface area contributed by atoms with Gasteiger partial charge in [-0.15, -0.1) is 0 Å². The van der Waals surface area contributed by atoms with Crippen LogP contribution in [0.15, 0.2) is 71.3 Å². The van der Waals surface area contributed by atoms with E-state index in [1.54, 1.807) is 7.11 Å². The molecule has 4 aromatic rings. The molecule has 6 nitrogen and oxygen atoms in total. The van der Waals surface area contributed by atoms with E-state index >= 15 is 0 Å². The van der Waals surface area contributed by atoms with E-state index in [0.29, 0.717) is 18.1 Å². The minimum Gasteiger partial charge on any atom is -0.497 e. The monoisotopic (exact) mass is 373 g/mol. The van der Waals surface area contributed by atoms with Gasteiger partial charge in [-0.1, -0.05) is 53.7 Å². The first-order valence-electron chi connectivity index (χ1n) is 8.97. The molecule has 0 saturated heterocycles. The Morgan fingerprint density at radius 2 is 1.89 bits per heavy atom. The van der Waals surface area contributed by atoms with Gasteiger partial charge in [0, 0.05) is 29.5 Å². The molecule has 0 fully saturated rings. The van der Waals surface area contributed by atoms with Crippen molar-refractivity contribution in [3.05, 3.63) is 72.6 Å². The first-order valence-corrected chi connectivity index (χ1v) is 8.97. The molecule has 4 rings (SSSR count). The van der Waals surface area contributed by atoms with E-state index in [1.807, 2.05) is 66.7 Å². The molecule has 3 aromatic carbocycles. The summed E-state index contributed by atoms with van der Waals surface area (Å²) in [5, 5.41) is 9.05. The van der Waals surface area contributed by atoms with Gasteiger partial charge >= 0.3 is 0 Å². The molecule has 0 bridgehead atoms. The second kappa shape index (κ2) is 7.92. The summed E-state index contributed by atoms with van der Waals surface area (Å²) in [5.74, 6) is 1.52. The Hall–Kier alpha value is -3.67. The van der Waals surface area contributed by atoms with Crippen LogP contribution in [0.1, 0.15) is 12.3 Å². The number of carbonyl (C=O) groups excluding carboxylic acids is 1. The smallest absolute Gasteiger partial charge is 0.227 e. The maximum Gasteiger partial charge on any atom is 0.227 e. The molecule has 1 heterocycles. The number of rotatable bonds is 6. The highest BCUT2D eigenvalue weighted by molar-refractivity contribution is 6.02. The minimum absolute atomic E-state index is 0.0996. The number of nitrogens with one attached hydrogen (secondary N) is 1. The minimum atomic E-state index is -0.0996. The van der Waals surface area contributed by atoms with E-state index in [2.05, 4.69) is 15.5 Å². The van der Waals surface area contributed by atoms with E-state index in [9.17, 15) is 4.79 Å². The summed E-state index contributed by atoms with van der Waals surface area (Å²) in [6.45, 7) is 0. The van der Waals surface area contributed by atoms with Gasteiger partial charge < -0.3 is 14.6 Å². The summed E-state index contributed by atoms with van der Waals surface area (Å²) in [5.41, 5.74) is 1.60. The number of benzene rings is 3. The second-order valence-electron chi connectivity index (χ2n) is 6.32. The summed E-state index contributed by atoms with van der Waals surface area (Å²) in [4.78, 5) is 16.7. The highest BCUT2D eigenvalue weighted by Gasteiger charge is 2.12. The Labute approximate surface area is 162 Å². The number of nitrogens with zero attached hydrogens (tertiary/aromatic N) is 2. The van der Waals surface area contributed by atoms with Gasteiger partial charge in [-0.25, -0.2) is 0 Å². The second-order valence-corrected chi connectivity index (χ2v) is 6.32. The number of anilines is 1. The number of hydrogen-bond donors (Lipinski definition) is 1. The van der Waals surface area contributed by atoms with Crippen molar-refractivity contribution in [1.82, 2.24) is 10.1 Å². The van der Waals surface area contributed by atoms with Crippen molar-refractivity contribution in [1.29, 1.82) is 0 Å². The summed E-state index contributed by atoms with van der Waals surface area (Å²) < 4.78 is 10.5. The Balaban J connectivity index is 1.40. The highest BCUT2D eigenvalue weighted by Crippen LogP contribution is 2.24. The van der Waals surface area contributed by atoms with Crippen LogP contribution in [-0.2, 0) is 11.2 Å². The number of fused-ring (bicyclic) bond motifs is 1. The third kappa shape index (κ3) is 3.86. The van der Waals surface area contributed by atoms with E-state index in [4.69, 9.17) is 9.26 Å². The largest absolute Gasteiger partial charge is 0.497 e. The van der Waals surface area contributed by atoms with Gasteiger partial charge in [-0.2, -0.15) is 4.98 Å². The van der Waals surface area contributed by atoms with E-state index in [0.717, 1.165) is 27.8 Å². The van der Waals surface area contributed by atoms with Crippen molar-refractivity contribution in [3.63, 3.8) is 0 Å². The zero-order chi connectivity index (χ0) is 19.3. The van der Waals surface area contributed by atoms with Gasteiger partial charge in [0.2, 0.25) is 17.6 Å². The Bertz CT molecular complexity index is 1120. The fraction of sp³-hybridized carbons (Fsp3) is 0.136. The quantitative estimate of drug-likeness (QED) is 0.540. The lowest BCUT2D eigenvalue weighted by Gasteiger charge is -2.08. The lowest BCUT2D eigenvalue weighted by molar-refractivity contribution is -0.116. The van der Waals surface area contributed by atoms with E-state index in [-0.39, 0.29) is 12.3 Å². The van der Waals surface area contributed by atoms with Crippen LogP contribution in [0.25, 0.3) is 22.2 Å². The number of hydrogen-bond acceptors (Lipinski definition) is 5. The molecular weight excluding hydrogens is 354 g/mol. The van der Waals surface area contributed by atoms with Crippen molar-refractivity contribution in [3.8, 4) is 17.1 Å². The maximum atomic E-state index is 12.4. The van der Waals surface area contributed by atoms with Crippen molar-refractivity contribution < 1.29 is 14.1 Å². The summed E-state index contributed by atoms with van der Waals surface area (Å²) in [7, 11) is 1.61. The number of carbonyl (C=O) groups is 1. The summed E-state index contributed by atoms with van der Waals surface area (Å²) >= 11 is 0. The summed E-state index contributed by atoms with van der Waals surface area (Å²) in [6.07, 6.45) is 0.622. The molecule has 1 aromatic heterocycles. The Morgan fingerprint density at radius 3 is 2.79 bits per heavy atom. The molecule has 0 unspecified atom stereocenters. The third-order valence-corrected chi connectivity index (χ3v) is 4.43. The average molecular weight is 373 g/mol. The lowest BCUT2D eigenvalue weighted by Crippen LogP contribution is -2.12. The van der Waals surface area contributed by atoms with E-state index < -0.39 is 0 Å². The van der Waals surface area contributed by atoms with Gasteiger partial charge in [0.1, 0.15) is 5.75 Å². The summed E-state index contributed by atoms with van der Waals surface area (Å²) in [6, 6.07) is 21.2. The maximum absolute atomic E-state index is 12.4. The SMILES string of the molecule is COc1cccc(-c2noc(CCC(=O)Nc3cccc4ccccc34)n2)c1. The van der Waals surface area contributed by atoms with Crippen molar-refractivity contribution in [2.75, 3.05) is 12.4 Å². The van der Waals surface area contributed by atoms with Gasteiger partial charge in [0.25, 0.3) is 0 Å². The molecule has 0 atom stereocenters. The van der Waals surface area contributed by atoms with Crippen molar-refractivity contribution in [2.45, 2.75) is 12.8 Å². The lowest BCUT2D eigenvalue weighted by atomic mass is 10.1. The van der Waals surface area contributed by atoms with Crippen LogP contribution >= 0.6 is 0 Å². The first kappa shape index (κ1) is 17.7. The predicted molar refractivity (Wildman–Crippen MR) is 107 cm³/mol. The molecule has 0 aliphatic rings. The topological polar surface area (TPSA) is 77.2 Å². The molecule has 1 amide bonds. The number of methoxy groups -OCH3 is 1. The first-order chi connectivity index (χ1) is 13.7. The molecule has 0 aliphatic heterocycles. The zero-order valence-corrected chi connectivity index (χ0v) is 15.4. The Kier molecular flexibility index (Phi) is 5.01. The van der Waals surface area contributed by atoms with Crippen LogP contribution in [0.5, 0.6) is 5.75 Å². The predicted octanol–water partition coefficient (Wildman–Crippen LogP) is 4.47. The molecule has 1 N–H and O–H groups in total. The van der Waals surface area contributed by atoms with Crippen molar-refractivity contribution >= 4 is 22.4 Å². The van der Waals surface area contributed by atoms with Gasteiger partial charge in [0.15, 0.2) is 0 Å². The number of amides is 1. The molecule has 0 aliphatic carbocycles. The fourth-order valence-electron chi connectivity index (χ4n) is 3.00. The molecule has 0 radical (unpaired) electrons. The van der Waals surface area contributed by atoms with Crippen LogP contribution in [0.2, 0.25) is 0 Å². The molecular formula is C22H19N3O3. The Morgan fingerprint density at radius 1 is 1.07 bits per heavy atom.